The predicted molar refractivity (Wildman–Crippen MR) is 83.1 cm³/mol. The molecule has 2 N–H and O–H groups in total. The maximum atomic E-state index is 4.54. The minimum absolute atomic E-state index is 0.667. The molecule has 0 bridgehead atoms. The molecule has 1 aromatic carbocycles. The Hall–Kier alpha value is -1.49. The van der Waals surface area contributed by atoms with Gasteiger partial charge in [0.15, 0.2) is 0 Å². The van der Waals surface area contributed by atoms with Crippen LogP contribution in [0.15, 0.2) is 24.3 Å². The number of nitrogens with zero attached hydrogens (tertiary/aromatic N) is 2. The minimum atomic E-state index is 0.667. The molecular formula is C14H18N4S. The number of aromatic nitrogens is 2. The van der Waals surface area contributed by atoms with E-state index < -0.39 is 0 Å². The molecule has 2 heterocycles. The summed E-state index contributed by atoms with van der Waals surface area (Å²) >= 11 is 2.06. The first kappa shape index (κ1) is 12.5. The van der Waals surface area contributed by atoms with Gasteiger partial charge in [0, 0.05) is 24.2 Å². The Balaban J connectivity index is 1.87. The lowest BCUT2D eigenvalue weighted by Gasteiger charge is -2.13. The van der Waals surface area contributed by atoms with Crippen molar-refractivity contribution < 1.29 is 0 Å². The van der Waals surface area contributed by atoms with E-state index in [0.717, 1.165) is 23.3 Å². The van der Waals surface area contributed by atoms with E-state index >= 15 is 0 Å². The maximum Gasteiger partial charge on any atom is 0.224 e. The fourth-order valence-electron chi connectivity index (χ4n) is 2.34. The van der Waals surface area contributed by atoms with Crippen LogP contribution in [0.5, 0.6) is 0 Å². The first-order valence-corrected chi connectivity index (χ1v) is 7.71. The van der Waals surface area contributed by atoms with Gasteiger partial charge >= 0.3 is 0 Å². The molecule has 0 radical (unpaired) electrons. The van der Waals surface area contributed by atoms with Crippen molar-refractivity contribution in [1.82, 2.24) is 9.97 Å². The molecule has 5 heteroatoms. The highest BCUT2D eigenvalue weighted by Crippen LogP contribution is 2.27. The number of fused-ring (bicyclic) bond motifs is 1. The largest absolute Gasteiger partial charge is 0.368 e. The number of anilines is 2. The molecule has 2 aromatic rings. The Labute approximate surface area is 117 Å². The van der Waals surface area contributed by atoms with E-state index in [0.29, 0.717) is 11.2 Å². The topological polar surface area (TPSA) is 49.8 Å². The Kier molecular flexibility index (Phi) is 3.73. The third kappa shape index (κ3) is 2.76. The van der Waals surface area contributed by atoms with Crippen molar-refractivity contribution in [2.24, 2.45) is 0 Å². The van der Waals surface area contributed by atoms with Gasteiger partial charge in [-0.2, -0.15) is 16.7 Å². The van der Waals surface area contributed by atoms with Gasteiger partial charge in [-0.15, -0.1) is 0 Å². The highest BCUT2D eigenvalue weighted by molar-refractivity contribution is 8.00. The van der Waals surface area contributed by atoms with Gasteiger partial charge in [-0.05, 0) is 30.7 Å². The van der Waals surface area contributed by atoms with Gasteiger partial charge < -0.3 is 10.6 Å². The van der Waals surface area contributed by atoms with Gasteiger partial charge in [0.1, 0.15) is 5.82 Å². The van der Waals surface area contributed by atoms with E-state index in [1.807, 2.05) is 25.2 Å². The Bertz CT molecular complexity index is 566. The molecule has 19 heavy (non-hydrogen) atoms. The SMILES string of the molecule is CNc1nc(NCC2CCCS2)c2ccccc2n1. The first-order chi connectivity index (χ1) is 9.36. The second-order valence-corrected chi connectivity index (χ2v) is 6.09. The van der Waals surface area contributed by atoms with E-state index in [9.17, 15) is 0 Å². The molecule has 4 nitrogen and oxygen atoms in total. The smallest absolute Gasteiger partial charge is 0.224 e. The van der Waals surface area contributed by atoms with Crippen LogP contribution < -0.4 is 10.6 Å². The van der Waals surface area contributed by atoms with Gasteiger partial charge in [0.2, 0.25) is 5.95 Å². The minimum Gasteiger partial charge on any atom is -0.368 e. The normalized spacial score (nSPS) is 18.7. The summed E-state index contributed by atoms with van der Waals surface area (Å²) in [6.45, 7) is 0.981. The second-order valence-electron chi connectivity index (χ2n) is 4.68. The van der Waals surface area contributed by atoms with Crippen LogP contribution in [0.25, 0.3) is 10.9 Å². The zero-order chi connectivity index (χ0) is 13.1. The summed E-state index contributed by atoms with van der Waals surface area (Å²) < 4.78 is 0. The fraction of sp³-hybridized carbons (Fsp3) is 0.429. The Morgan fingerprint density at radius 2 is 2.21 bits per heavy atom. The van der Waals surface area contributed by atoms with E-state index in [1.54, 1.807) is 0 Å². The van der Waals surface area contributed by atoms with Crippen LogP contribution in [-0.2, 0) is 0 Å². The standard InChI is InChI=1S/C14H18N4S/c1-15-14-17-12-7-3-2-6-11(12)13(18-14)16-9-10-5-4-8-19-10/h2-3,6-7,10H,4-5,8-9H2,1H3,(H2,15,16,17,18). The number of para-hydroxylation sites is 1. The summed E-state index contributed by atoms with van der Waals surface area (Å²) in [7, 11) is 1.85. The monoisotopic (exact) mass is 274 g/mol. The van der Waals surface area contributed by atoms with Crippen LogP contribution in [0.4, 0.5) is 11.8 Å². The lowest BCUT2D eigenvalue weighted by atomic mass is 10.2. The van der Waals surface area contributed by atoms with Crippen LogP contribution in [0.3, 0.4) is 0 Å². The highest BCUT2D eigenvalue weighted by atomic mass is 32.2. The zero-order valence-electron chi connectivity index (χ0n) is 11.0. The van der Waals surface area contributed by atoms with Crippen molar-refractivity contribution in [3.63, 3.8) is 0 Å². The van der Waals surface area contributed by atoms with E-state index in [2.05, 4.69) is 38.4 Å². The Morgan fingerprint density at radius 3 is 3.00 bits per heavy atom. The molecule has 1 atom stereocenters. The van der Waals surface area contributed by atoms with E-state index in [4.69, 9.17) is 0 Å². The highest BCUT2D eigenvalue weighted by Gasteiger charge is 2.16. The molecule has 1 aliphatic rings. The number of rotatable bonds is 4. The van der Waals surface area contributed by atoms with Crippen LogP contribution in [-0.4, -0.2) is 34.6 Å². The van der Waals surface area contributed by atoms with Crippen LogP contribution >= 0.6 is 11.8 Å². The van der Waals surface area contributed by atoms with Gasteiger partial charge in [0.25, 0.3) is 0 Å². The number of thioether (sulfide) groups is 1. The average molecular weight is 274 g/mol. The van der Waals surface area contributed by atoms with E-state index in [1.165, 1.54) is 18.6 Å². The molecule has 0 spiro atoms. The summed E-state index contributed by atoms with van der Waals surface area (Å²) in [4.78, 5) is 9.00. The van der Waals surface area contributed by atoms with Crippen molar-refractivity contribution >= 4 is 34.4 Å². The lowest BCUT2D eigenvalue weighted by Crippen LogP contribution is -2.15. The van der Waals surface area contributed by atoms with Crippen molar-refractivity contribution in [3.8, 4) is 0 Å². The lowest BCUT2D eigenvalue weighted by molar-refractivity contribution is 0.804. The van der Waals surface area contributed by atoms with Crippen LogP contribution in [0.1, 0.15) is 12.8 Å². The predicted octanol–water partition coefficient (Wildman–Crippen LogP) is 2.98. The summed E-state index contributed by atoms with van der Waals surface area (Å²) in [6, 6.07) is 8.12. The van der Waals surface area contributed by atoms with Crippen molar-refractivity contribution in [2.45, 2.75) is 18.1 Å². The summed E-state index contributed by atoms with van der Waals surface area (Å²) in [5, 5.41) is 8.31. The molecule has 1 unspecified atom stereocenters. The molecular weight excluding hydrogens is 256 g/mol. The van der Waals surface area contributed by atoms with E-state index in [-0.39, 0.29) is 0 Å². The van der Waals surface area contributed by atoms with Crippen LogP contribution in [0.2, 0.25) is 0 Å². The fourth-order valence-corrected chi connectivity index (χ4v) is 3.54. The third-order valence-corrected chi connectivity index (χ3v) is 4.75. The van der Waals surface area contributed by atoms with Crippen LogP contribution in [0, 0.1) is 0 Å². The average Bonchev–Trinajstić information content (AvgIpc) is 2.97. The maximum absolute atomic E-state index is 4.54. The molecule has 0 aliphatic carbocycles. The molecule has 100 valence electrons. The number of benzene rings is 1. The molecule has 1 saturated heterocycles. The number of hydrogen-bond acceptors (Lipinski definition) is 5. The van der Waals surface area contributed by atoms with Gasteiger partial charge in [-0.3, -0.25) is 0 Å². The first-order valence-electron chi connectivity index (χ1n) is 6.67. The summed E-state index contributed by atoms with van der Waals surface area (Å²) in [5.74, 6) is 2.89. The third-order valence-electron chi connectivity index (χ3n) is 3.35. The number of hydrogen-bond donors (Lipinski definition) is 2. The molecule has 0 saturated carbocycles. The molecule has 1 aromatic heterocycles. The van der Waals surface area contributed by atoms with Gasteiger partial charge in [0.05, 0.1) is 5.52 Å². The van der Waals surface area contributed by atoms with Crippen molar-refractivity contribution in [1.29, 1.82) is 0 Å². The molecule has 3 rings (SSSR count). The summed E-state index contributed by atoms with van der Waals surface area (Å²) in [6.07, 6.45) is 2.64. The second kappa shape index (κ2) is 5.65. The molecule has 0 amide bonds. The van der Waals surface area contributed by atoms with Crippen molar-refractivity contribution in [2.75, 3.05) is 30.0 Å². The van der Waals surface area contributed by atoms with Crippen molar-refractivity contribution in [3.05, 3.63) is 24.3 Å². The summed E-state index contributed by atoms with van der Waals surface area (Å²) in [5.41, 5.74) is 0.975. The zero-order valence-corrected chi connectivity index (χ0v) is 11.8. The quantitative estimate of drug-likeness (QED) is 0.897. The van der Waals surface area contributed by atoms with Gasteiger partial charge in [-0.1, -0.05) is 12.1 Å². The Morgan fingerprint density at radius 1 is 1.32 bits per heavy atom. The molecule has 1 fully saturated rings. The number of nitrogens with one attached hydrogen (secondary N) is 2. The molecule has 1 aliphatic heterocycles. The van der Waals surface area contributed by atoms with Gasteiger partial charge in [-0.25, -0.2) is 4.98 Å².